The van der Waals surface area contributed by atoms with Crippen LogP contribution < -0.4 is 0 Å². The van der Waals surface area contributed by atoms with Crippen LogP contribution in [0.5, 0.6) is 0 Å². The molecule has 1 aliphatic carbocycles. The molecule has 3 heteroatoms. The monoisotopic (exact) mass is 293 g/mol. The largest absolute Gasteiger partial charge is 0.462 e. The number of fused-ring (bicyclic) bond motifs is 1. The molecule has 0 aliphatic heterocycles. The molecule has 0 spiro atoms. The van der Waals surface area contributed by atoms with Gasteiger partial charge in [-0.05, 0) is 61.1 Å². The second-order valence-electron chi connectivity index (χ2n) is 5.47. The maximum atomic E-state index is 11.8. The molecule has 0 atom stereocenters. The molecule has 0 saturated heterocycles. The lowest BCUT2D eigenvalue weighted by Crippen LogP contribution is -2.08. The summed E-state index contributed by atoms with van der Waals surface area (Å²) in [6.07, 6.45) is 8.88. The van der Waals surface area contributed by atoms with Gasteiger partial charge in [0.25, 0.3) is 0 Å². The SMILES string of the molecule is CCOC(=O)c1ccc2c(c1)CCC(Cc1cccnc1)=C2. The van der Waals surface area contributed by atoms with Crippen LogP contribution in [0, 0.1) is 0 Å². The molecule has 0 N–H and O–H groups in total. The summed E-state index contributed by atoms with van der Waals surface area (Å²) >= 11 is 0. The summed E-state index contributed by atoms with van der Waals surface area (Å²) in [5.74, 6) is -0.240. The van der Waals surface area contributed by atoms with Crippen molar-refractivity contribution in [2.45, 2.75) is 26.2 Å². The molecular formula is C19H19NO2. The number of aryl methyl sites for hydroxylation is 1. The highest BCUT2D eigenvalue weighted by Gasteiger charge is 2.14. The maximum Gasteiger partial charge on any atom is 0.338 e. The van der Waals surface area contributed by atoms with Gasteiger partial charge in [0.05, 0.1) is 12.2 Å². The molecule has 0 fully saturated rings. The molecule has 1 aromatic carbocycles. The number of pyridine rings is 1. The Kier molecular flexibility index (Phi) is 4.33. The summed E-state index contributed by atoms with van der Waals surface area (Å²) < 4.78 is 5.06. The van der Waals surface area contributed by atoms with Crippen molar-refractivity contribution in [2.24, 2.45) is 0 Å². The Balaban J connectivity index is 1.79. The number of esters is 1. The zero-order chi connectivity index (χ0) is 15.4. The van der Waals surface area contributed by atoms with Gasteiger partial charge in [0.15, 0.2) is 0 Å². The fraction of sp³-hybridized carbons (Fsp3) is 0.263. The van der Waals surface area contributed by atoms with Gasteiger partial charge in [0.2, 0.25) is 0 Å². The number of hydrogen-bond donors (Lipinski definition) is 0. The third-order valence-corrected chi connectivity index (χ3v) is 3.88. The number of ether oxygens (including phenoxy) is 1. The van der Waals surface area contributed by atoms with E-state index >= 15 is 0 Å². The quantitative estimate of drug-likeness (QED) is 0.804. The van der Waals surface area contributed by atoms with Gasteiger partial charge in [-0.1, -0.05) is 23.8 Å². The molecule has 1 aliphatic rings. The standard InChI is InChI=1S/C19H19NO2/c1-2-22-19(21)18-8-7-16-11-14(5-6-17(16)12-18)10-15-4-3-9-20-13-15/h3-4,7-9,11-13H,2,5-6,10H2,1H3. The van der Waals surface area contributed by atoms with E-state index in [0.717, 1.165) is 19.3 Å². The lowest BCUT2D eigenvalue weighted by molar-refractivity contribution is 0.0526. The van der Waals surface area contributed by atoms with Gasteiger partial charge in [-0.25, -0.2) is 4.79 Å². The van der Waals surface area contributed by atoms with E-state index < -0.39 is 0 Å². The number of allylic oxidation sites excluding steroid dienone is 1. The average molecular weight is 293 g/mol. The molecule has 0 unspecified atom stereocenters. The van der Waals surface area contributed by atoms with Gasteiger partial charge >= 0.3 is 5.97 Å². The van der Waals surface area contributed by atoms with Crippen LogP contribution in [0.15, 0.2) is 48.3 Å². The number of hydrogen-bond acceptors (Lipinski definition) is 3. The second kappa shape index (κ2) is 6.56. The van der Waals surface area contributed by atoms with Gasteiger partial charge < -0.3 is 4.74 Å². The molecule has 3 nitrogen and oxygen atoms in total. The predicted octanol–water partition coefficient (Wildman–Crippen LogP) is 3.83. The fourth-order valence-electron chi connectivity index (χ4n) is 2.80. The van der Waals surface area contributed by atoms with Crippen LogP contribution in [0.1, 0.15) is 40.4 Å². The molecule has 0 saturated carbocycles. The summed E-state index contributed by atoms with van der Waals surface area (Å²) in [5, 5.41) is 0. The molecular weight excluding hydrogens is 274 g/mol. The van der Waals surface area contributed by atoms with Crippen LogP contribution in [0.25, 0.3) is 6.08 Å². The van der Waals surface area contributed by atoms with Gasteiger partial charge in [-0.15, -0.1) is 0 Å². The average Bonchev–Trinajstić information content (AvgIpc) is 2.55. The Morgan fingerprint density at radius 2 is 2.18 bits per heavy atom. The molecule has 2 aromatic rings. The minimum absolute atomic E-state index is 0.240. The topological polar surface area (TPSA) is 39.2 Å². The van der Waals surface area contributed by atoms with E-state index in [9.17, 15) is 4.79 Å². The number of carbonyl (C=O) groups is 1. The molecule has 0 bridgehead atoms. The van der Waals surface area contributed by atoms with Crippen LogP contribution in [-0.2, 0) is 17.6 Å². The van der Waals surface area contributed by atoms with Gasteiger partial charge in [0, 0.05) is 12.4 Å². The van der Waals surface area contributed by atoms with E-state index in [1.54, 1.807) is 6.20 Å². The summed E-state index contributed by atoms with van der Waals surface area (Å²) in [7, 11) is 0. The highest BCUT2D eigenvalue weighted by Crippen LogP contribution is 2.27. The highest BCUT2D eigenvalue weighted by molar-refractivity contribution is 5.90. The number of benzene rings is 1. The highest BCUT2D eigenvalue weighted by atomic mass is 16.5. The summed E-state index contributed by atoms with van der Waals surface area (Å²) in [6, 6.07) is 9.90. The number of carbonyl (C=O) groups excluding carboxylic acids is 1. The first kappa shape index (κ1) is 14.5. The summed E-state index contributed by atoms with van der Waals surface area (Å²) in [5.41, 5.74) is 5.72. The van der Waals surface area contributed by atoms with Gasteiger partial charge in [0.1, 0.15) is 0 Å². The number of nitrogens with zero attached hydrogens (tertiary/aromatic N) is 1. The second-order valence-corrected chi connectivity index (χ2v) is 5.47. The zero-order valence-electron chi connectivity index (χ0n) is 12.7. The first-order valence-electron chi connectivity index (χ1n) is 7.64. The first-order valence-corrected chi connectivity index (χ1v) is 7.64. The van der Waals surface area contributed by atoms with Crippen LogP contribution in [0.3, 0.4) is 0 Å². The summed E-state index contributed by atoms with van der Waals surface area (Å²) in [4.78, 5) is 16.0. The van der Waals surface area contributed by atoms with E-state index in [1.165, 1.54) is 22.3 Å². The van der Waals surface area contributed by atoms with Crippen molar-refractivity contribution in [2.75, 3.05) is 6.61 Å². The van der Waals surface area contributed by atoms with Gasteiger partial charge in [-0.2, -0.15) is 0 Å². The minimum Gasteiger partial charge on any atom is -0.462 e. The van der Waals surface area contributed by atoms with Crippen molar-refractivity contribution in [3.8, 4) is 0 Å². The van der Waals surface area contributed by atoms with Crippen LogP contribution >= 0.6 is 0 Å². The molecule has 0 amide bonds. The lowest BCUT2D eigenvalue weighted by atomic mass is 9.88. The van der Waals surface area contributed by atoms with Crippen molar-refractivity contribution >= 4 is 12.0 Å². The normalized spacial score (nSPS) is 13.2. The zero-order valence-corrected chi connectivity index (χ0v) is 12.7. The van der Waals surface area contributed by atoms with E-state index in [4.69, 9.17) is 4.74 Å². The van der Waals surface area contributed by atoms with Crippen molar-refractivity contribution in [3.05, 3.63) is 70.6 Å². The molecule has 3 rings (SSSR count). The third kappa shape index (κ3) is 3.25. The van der Waals surface area contributed by atoms with Crippen molar-refractivity contribution in [3.63, 3.8) is 0 Å². The first-order chi connectivity index (χ1) is 10.8. The molecule has 22 heavy (non-hydrogen) atoms. The summed E-state index contributed by atoms with van der Waals surface area (Å²) in [6.45, 7) is 2.23. The molecule has 1 heterocycles. The van der Waals surface area contributed by atoms with E-state index in [-0.39, 0.29) is 5.97 Å². The van der Waals surface area contributed by atoms with Crippen molar-refractivity contribution in [1.29, 1.82) is 0 Å². The van der Waals surface area contributed by atoms with Crippen molar-refractivity contribution in [1.82, 2.24) is 4.98 Å². The Bertz CT molecular complexity index is 705. The third-order valence-electron chi connectivity index (χ3n) is 3.88. The Labute approximate surface area is 130 Å². The van der Waals surface area contributed by atoms with E-state index in [0.29, 0.717) is 12.2 Å². The van der Waals surface area contributed by atoms with E-state index in [1.807, 2.05) is 37.4 Å². The smallest absolute Gasteiger partial charge is 0.338 e. The Hall–Kier alpha value is -2.42. The molecule has 0 radical (unpaired) electrons. The van der Waals surface area contributed by atoms with Crippen LogP contribution in [-0.4, -0.2) is 17.6 Å². The number of rotatable bonds is 4. The minimum atomic E-state index is -0.240. The van der Waals surface area contributed by atoms with E-state index in [2.05, 4.69) is 17.1 Å². The van der Waals surface area contributed by atoms with Crippen LogP contribution in [0.2, 0.25) is 0 Å². The maximum absolute atomic E-state index is 11.8. The Morgan fingerprint density at radius 3 is 2.95 bits per heavy atom. The van der Waals surface area contributed by atoms with Crippen LogP contribution in [0.4, 0.5) is 0 Å². The Morgan fingerprint density at radius 1 is 1.27 bits per heavy atom. The fourth-order valence-corrected chi connectivity index (χ4v) is 2.80. The predicted molar refractivity (Wildman–Crippen MR) is 86.6 cm³/mol. The van der Waals surface area contributed by atoms with Gasteiger partial charge in [-0.3, -0.25) is 4.98 Å². The molecule has 1 aromatic heterocycles. The van der Waals surface area contributed by atoms with Crippen molar-refractivity contribution < 1.29 is 9.53 Å². The molecule has 112 valence electrons. The lowest BCUT2D eigenvalue weighted by Gasteiger charge is -2.17. The number of aromatic nitrogens is 1.